The molecule has 2 aromatic heterocycles. The molecule has 0 aliphatic carbocycles. The van der Waals surface area contributed by atoms with Crippen LogP contribution in [0.15, 0.2) is 67.4 Å². The van der Waals surface area contributed by atoms with Crippen molar-refractivity contribution in [2.24, 2.45) is 17.3 Å². The molecular formula is C48H60N8O8. The number of methoxy groups -OCH3 is 1. The molecule has 1 unspecified atom stereocenters. The smallest absolute Gasteiger partial charge is 0.324 e. The van der Waals surface area contributed by atoms with E-state index in [1.54, 1.807) is 37.4 Å². The Kier molecular flexibility index (Phi) is 13.6. The molecule has 2 fully saturated rings. The van der Waals surface area contributed by atoms with Gasteiger partial charge in [0, 0.05) is 63.9 Å². The number of cyclic esters (lactones) is 1. The maximum Gasteiger partial charge on any atom is 0.324 e. The molecule has 16 nitrogen and oxygen atoms in total. The van der Waals surface area contributed by atoms with Crippen molar-refractivity contribution in [3.63, 3.8) is 0 Å². The highest BCUT2D eigenvalue weighted by atomic mass is 16.5. The summed E-state index contributed by atoms with van der Waals surface area (Å²) in [5, 5.41) is 15.6. The number of hydrogen-bond donors (Lipinski definition) is 3. The van der Waals surface area contributed by atoms with Crippen LogP contribution >= 0.6 is 0 Å². The maximum atomic E-state index is 14.6. The molecular weight excluding hydrogens is 817 g/mol. The predicted molar refractivity (Wildman–Crippen MR) is 240 cm³/mol. The van der Waals surface area contributed by atoms with E-state index in [2.05, 4.69) is 26.9 Å². The van der Waals surface area contributed by atoms with Gasteiger partial charge in [-0.1, -0.05) is 46.4 Å². The molecule has 0 saturated carbocycles. The molecule has 6 bridgehead atoms. The molecule has 64 heavy (non-hydrogen) atoms. The lowest BCUT2D eigenvalue weighted by molar-refractivity contribution is -0.155. The number of rotatable bonds is 9. The summed E-state index contributed by atoms with van der Waals surface area (Å²) >= 11 is 0. The van der Waals surface area contributed by atoms with Crippen molar-refractivity contribution in [1.29, 1.82) is 0 Å². The Balaban J connectivity index is 1.28. The first-order valence-corrected chi connectivity index (χ1v) is 22.0. The summed E-state index contributed by atoms with van der Waals surface area (Å²) in [5.74, 6) is -2.27. The average molecular weight is 877 g/mol. The number of carbonyl (C=O) groups excluding carboxylic acids is 5. The molecule has 16 heteroatoms. The summed E-state index contributed by atoms with van der Waals surface area (Å²) in [6.07, 6.45) is 3.98. The number of nitrogens with one attached hydrogen (secondary N) is 2. The fourth-order valence-corrected chi connectivity index (χ4v) is 9.15. The number of aromatic nitrogens is 3. The van der Waals surface area contributed by atoms with Crippen LogP contribution in [0.3, 0.4) is 0 Å². The largest absolute Gasteiger partial charge is 0.508 e. The monoisotopic (exact) mass is 876 g/mol. The molecule has 7 rings (SSSR count). The summed E-state index contributed by atoms with van der Waals surface area (Å²) < 4.78 is 13.8. The first-order chi connectivity index (χ1) is 30.5. The van der Waals surface area contributed by atoms with Gasteiger partial charge in [0.15, 0.2) is 0 Å². The Bertz CT molecular complexity index is 2450. The third-order valence-corrected chi connectivity index (χ3v) is 12.5. The van der Waals surface area contributed by atoms with Crippen LogP contribution in [-0.4, -0.2) is 123 Å². The van der Waals surface area contributed by atoms with Crippen LogP contribution in [0.4, 0.5) is 0 Å². The molecule has 3 N–H and O–H groups in total. The van der Waals surface area contributed by atoms with E-state index in [0.29, 0.717) is 49.3 Å². The summed E-state index contributed by atoms with van der Waals surface area (Å²) in [4.78, 5) is 81.8. The Morgan fingerprint density at radius 1 is 1.08 bits per heavy atom. The molecule has 340 valence electrons. The first-order valence-electron chi connectivity index (χ1n) is 22.0. The van der Waals surface area contributed by atoms with Gasteiger partial charge in [0.25, 0.3) is 5.91 Å². The SMILES string of the molecule is C=CC(=O)N1CC[C@H](C(=O)N(C)C(C(=O)N[C@H]2Cc3cc(O)cc(c3)-c3ccc4nc(-c5cccnc5[C@H](C)OC)n(c4c3)CC(C)(C)COC(=O)[C@@H]3CCCN(N3)C2=O)C(C)C)C1. The van der Waals surface area contributed by atoms with E-state index in [9.17, 15) is 29.1 Å². The standard InChI is InChI=1S/C48H60N8O8/c1-9-40(58)54-19-16-32(25-54)45(60)53(7)42(28(2)3)44(59)51-38-22-30-20-33(23-34(57)21-30)31-14-15-36-39(24-31)55(43(50-36)35-12-10-17-49-41(35)29(4)63-8)26-48(5,6)27-64-47(62)37-13-11-18-56(52-37)46(38)61/h9-10,12,14-15,17,20-21,23-24,28-29,32,37-38,42,52,57H,1,11,13,16,18-19,22,25-27H2,2-8H3,(H,51,59)/t29-,32-,37-,38-,42?/m0/s1. The Morgan fingerprint density at radius 2 is 1.86 bits per heavy atom. The molecule has 4 amide bonds. The number of ether oxygens (including phenoxy) is 2. The van der Waals surface area contributed by atoms with Crippen LogP contribution in [0, 0.1) is 17.3 Å². The van der Waals surface area contributed by atoms with E-state index in [1.807, 2.05) is 71.0 Å². The number of imidazole rings is 1. The number of esters is 1. The van der Waals surface area contributed by atoms with Crippen LogP contribution in [0.25, 0.3) is 33.5 Å². The number of hydrogen-bond acceptors (Lipinski definition) is 11. The van der Waals surface area contributed by atoms with Gasteiger partial charge in [-0.15, -0.1) is 0 Å². The fourth-order valence-electron chi connectivity index (χ4n) is 9.15. The number of carbonyl (C=O) groups is 5. The highest BCUT2D eigenvalue weighted by Gasteiger charge is 2.40. The molecule has 0 radical (unpaired) electrons. The molecule has 0 spiro atoms. The lowest BCUT2D eigenvalue weighted by Gasteiger charge is -2.37. The number of fused-ring (bicyclic) bond motifs is 6. The van der Waals surface area contributed by atoms with Gasteiger partial charge in [-0.25, -0.2) is 10.4 Å². The Labute approximate surface area is 374 Å². The van der Waals surface area contributed by atoms with Crippen LogP contribution < -0.4 is 10.7 Å². The zero-order valence-corrected chi connectivity index (χ0v) is 37.8. The molecule has 2 saturated heterocycles. The number of hydrazine groups is 1. The third-order valence-electron chi connectivity index (χ3n) is 12.5. The Hall–Kier alpha value is -6.13. The minimum atomic E-state index is -1.17. The molecule has 5 atom stereocenters. The van der Waals surface area contributed by atoms with Gasteiger partial charge in [-0.05, 0) is 91.3 Å². The summed E-state index contributed by atoms with van der Waals surface area (Å²) in [6.45, 7) is 14.5. The van der Waals surface area contributed by atoms with Gasteiger partial charge >= 0.3 is 5.97 Å². The highest BCUT2D eigenvalue weighted by molar-refractivity contribution is 5.94. The minimum Gasteiger partial charge on any atom is -0.508 e. The summed E-state index contributed by atoms with van der Waals surface area (Å²) in [5.41, 5.74) is 7.55. The number of amides is 4. The molecule has 3 aliphatic heterocycles. The van der Waals surface area contributed by atoms with Crippen LogP contribution in [0.5, 0.6) is 5.75 Å². The van der Waals surface area contributed by atoms with Crippen molar-refractivity contribution in [2.75, 3.05) is 40.4 Å². The van der Waals surface area contributed by atoms with Crippen molar-refractivity contribution in [3.8, 4) is 28.3 Å². The van der Waals surface area contributed by atoms with Crippen LogP contribution in [0.1, 0.15) is 71.2 Å². The molecule has 3 aliphatic rings. The maximum absolute atomic E-state index is 14.6. The van der Waals surface area contributed by atoms with E-state index in [1.165, 1.54) is 16.0 Å². The van der Waals surface area contributed by atoms with Crippen LogP contribution in [0.2, 0.25) is 0 Å². The Morgan fingerprint density at radius 3 is 2.59 bits per heavy atom. The van der Waals surface area contributed by atoms with Gasteiger partial charge in [0.1, 0.15) is 29.7 Å². The normalized spacial score (nSPS) is 21.2. The second-order valence-electron chi connectivity index (χ2n) is 18.4. The molecule has 4 aromatic rings. The van der Waals surface area contributed by atoms with Gasteiger partial charge in [0.05, 0.1) is 35.4 Å². The van der Waals surface area contributed by atoms with E-state index >= 15 is 0 Å². The predicted octanol–water partition coefficient (Wildman–Crippen LogP) is 4.80. The van der Waals surface area contributed by atoms with E-state index in [0.717, 1.165) is 27.9 Å². The second kappa shape index (κ2) is 18.9. The van der Waals surface area contributed by atoms with Crippen molar-refractivity contribution in [3.05, 3.63) is 78.6 Å². The summed E-state index contributed by atoms with van der Waals surface area (Å²) in [6, 6.07) is 11.8. The van der Waals surface area contributed by atoms with E-state index in [4.69, 9.17) is 14.5 Å². The van der Waals surface area contributed by atoms with Gasteiger partial charge in [-0.2, -0.15) is 0 Å². The summed E-state index contributed by atoms with van der Waals surface area (Å²) in [7, 11) is 3.21. The van der Waals surface area contributed by atoms with Gasteiger partial charge in [-0.3, -0.25) is 34.0 Å². The van der Waals surface area contributed by atoms with E-state index < -0.39 is 47.2 Å². The second-order valence-corrected chi connectivity index (χ2v) is 18.4. The van der Waals surface area contributed by atoms with E-state index in [-0.39, 0.29) is 55.7 Å². The van der Waals surface area contributed by atoms with Crippen molar-refractivity contribution >= 4 is 40.6 Å². The molecule has 5 heterocycles. The number of aromatic hydroxyl groups is 1. The van der Waals surface area contributed by atoms with Crippen molar-refractivity contribution in [1.82, 2.24) is 40.1 Å². The van der Waals surface area contributed by atoms with Gasteiger partial charge < -0.3 is 34.3 Å². The quantitative estimate of drug-likeness (QED) is 0.155. The number of pyridine rings is 1. The lowest BCUT2D eigenvalue weighted by Crippen LogP contribution is -2.62. The topological polar surface area (TPSA) is 189 Å². The average Bonchev–Trinajstić information content (AvgIpc) is 3.91. The number of phenolic OH excluding ortho intramolecular Hbond substituents is 1. The number of benzene rings is 2. The molecule has 2 aromatic carbocycles. The first kappa shape index (κ1) is 45.9. The zero-order chi connectivity index (χ0) is 46.0. The van der Waals surface area contributed by atoms with Crippen LogP contribution in [-0.2, 0) is 46.4 Å². The number of nitrogens with zero attached hydrogens (tertiary/aromatic N) is 6. The van der Waals surface area contributed by atoms with Gasteiger partial charge in [0.2, 0.25) is 17.7 Å². The number of likely N-dealkylation sites (N-methyl/N-ethyl adjacent to an activating group) is 1. The third kappa shape index (κ3) is 9.67. The number of likely N-dealkylation sites (tertiary alicyclic amines) is 1. The van der Waals surface area contributed by atoms with Crippen molar-refractivity contribution < 1.29 is 38.6 Å². The van der Waals surface area contributed by atoms with Crippen molar-refractivity contribution in [2.45, 2.75) is 91.1 Å². The minimum absolute atomic E-state index is 0.0248. The fraction of sp³-hybridized carbons (Fsp3) is 0.479. The zero-order valence-electron chi connectivity index (χ0n) is 37.8. The number of phenols is 1. The highest BCUT2D eigenvalue weighted by Crippen LogP contribution is 2.36. The lowest BCUT2D eigenvalue weighted by atomic mass is 9.94.